The molecule has 0 atom stereocenters. The number of fused-ring (bicyclic) bond motifs is 1. The van der Waals surface area contributed by atoms with Gasteiger partial charge in [-0.2, -0.15) is 0 Å². The number of carbonyl (C=O) groups excluding carboxylic acids is 1. The van der Waals surface area contributed by atoms with Crippen molar-refractivity contribution in [1.82, 2.24) is 14.8 Å². The fourth-order valence-corrected chi connectivity index (χ4v) is 2.53. The molecule has 0 fully saturated rings. The number of hydrogen-bond acceptors (Lipinski definition) is 3. The van der Waals surface area contributed by atoms with Gasteiger partial charge in [0.2, 0.25) is 5.91 Å². The lowest BCUT2D eigenvalue weighted by atomic mass is 9.82. The highest BCUT2D eigenvalue weighted by Crippen LogP contribution is 2.29. The van der Waals surface area contributed by atoms with E-state index in [9.17, 15) is 4.79 Å². The molecule has 2 heterocycles. The molecule has 0 saturated heterocycles. The van der Waals surface area contributed by atoms with Crippen molar-refractivity contribution in [2.75, 3.05) is 27.2 Å². The van der Waals surface area contributed by atoms with Crippen LogP contribution in [0.5, 0.6) is 0 Å². The van der Waals surface area contributed by atoms with Crippen molar-refractivity contribution < 1.29 is 4.79 Å². The van der Waals surface area contributed by atoms with Gasteiger partial charge in [0.25, 0.3) is 0 Å². The first-order valence-electron chi connectivity index (χ1n) is 7.74. The van der Waals surface area contributed by atoms with E-state index in [0.717, 1.165) is 25.9 Å². The Balaban J connectivity index is 2.15. The molecule has 1 aromatic rings. The molecule has 1 aliphatic heterocycles. The molecule has 0 spiro atoms. The van der Waals surface area contributed by atoms with Crippen molar-refractivity contribution in [2.45, 2.75) is 45.6 Å². The van der Waals surface area contributed by atoms with E-state index in [2.05, 4.69) is 36.7 Å². The first-order chi connectivity index (χ1) is 9.83. The van der Waals surface area contributed by atoms with Crippen LogP contribution in [0.15, 0.2) is 12.3 Å². The summed E-state index contributed by atoms with van der Waals surface area (Å²) in [4.78, 5) is 20.4. The normalized spacial score (nSPS) is 15.7. The Kier molecular flexibility index (Phi) is 4.67. The van der Waals surface area contributed by atoms with Gasteiger partial charge in [0, 0.05) is 45.5 Å². The van der Waals surface area contributed by atoms with Gasteiger partial charge in [0.1, 0.15) is 0 Å². The summed E-state index contributed by atoms with van der Waals surface area (Å²) >= 11 is 0. The molecule has 0 unspecified atom stereocenters. The minimum absolute atomic E-state index is 0.157. The summed E-state index contributed by atoms with van der Waals surface area (Å²) < 4.78 is 0. The molecule has 1 amide bonds. The van der Waals surface area contributed by atoms with Crippen LogP contribution in [-0.4, -0.2) is 47.9 Å². The zero-order valence-corrected chi connectivity index (χ0v) is 13.9. The van der Waals surface area contributed by atoms with Crippen LogP contribution in [-0.2, 0) is 23.2 Å². The third-order valence-electron chi connectivity index (χ3n) is 4.64. The molecule has 2 rings (SSSR count). The molecule has 0 N–H and O–H groups in total. The molecule has 0 aromatic carbocycles. The van der Waals surface area contributed by atoms with E-state index >= 15 is 0 Å². The third-order valence-corrected chi connectivity index (χ3v) is 4.64. The van der Waals surface area contributed by atoms with E-state index in [-0.39, 0.29) is 11.3 Å². The van der Waals surface area contributed by atoms with Crippen molar-refractivity contribution in [3.8, 4) is 0 Å². The third kappa shape index (κ3) is 3.62. The van der Waals surface area contributed by atoms with E-state index < -0.39 is 0 Å². The second-order valence-electron chi connectivity index (χ2n) is 6.82. The lowest BCUT2D eigenvalue weighted by Crippen LogP contribution is -2.39. The van der Waals surface area contributed by atoms with Gasteiger partial charge in [0.15, 0.2) is 0 Å². The summed E-state index contributed by atoms with van der Waals surface area (Å²) in [6.07, 6.45) is 4.06. The summed E-state index contributed by atoms with van der Waals surface area (Å²) in [5, 5.41) is 0. The first kappa shape index (κ1) is 16.0. The van der Waals surface area contributed by atoms with Gasteiger partial charge in [-0.25, -0.2) is 0 Å². The van der Waals surface area contributed by atoms with Crippen molar-refractivity contribution in [3.05, 3.63) is 29.1 Å². The van der Waals surface area contributed by atoms with E-state index in [1.54, 1.807) is 4.90 Å². The van der Waals surface area contributed by atoms with Crippen LogP contribution in [0.2, 0.25) is 0 Å². The summed E-state index contributed by atoms with van der Waals surface area (Å²) in [5.41, 5.74) is 3.93. The standard InChI is InChI=1S/C17H27N3O/c1-6-17(2,3)14-9-13-11-20(12-16(21)19(4)5)8-7-15(13)18-10-14/h9-10H,6-8,11-12H2,1-5H3. The molecule has 4 heteroatoms. The Morgan fingerprint density at radius 3 is 2.76 bits per heavy atom. The van der Waals surface area contributed by atoms with Crippen molar-refractivity contribution >= 4 is 5.91 Å². The van der Waals surface area contributed by atoms with Crippen molar-refractivity contribution in [1.29, 1.82) is 0 Å². The van der Waals surface area contributed by atoms with Crippen LogP contribution in [0.4, 0.5) is 0 Å². The van der Waals surface area contributed by atoms with E-state index in [1.807, 2.05) is 20.3 Å². The van der Waals surface area contributed by atoms with Gasteiger partial charge >= 0.3 is 0 Å². The highest BCUT2D eigenvalue weighted by Gasteiger charge is 2.24. The second-order valence-corrected chi connectivity index (χ2v) is 6.82. The Hall–Kier alpha value is -1.42. The number of nitrogens with zero attached hydrogens (tertiary/aromatic N) is 3. The quantitative estimate of drug-likeness (QED) is 0.853. The maximum atomic E-state index is 11.9. The number of aromatic nitrogens is 1. The number of amides is 1. The number of carbonyl (C=O) groups is 1. The average Bonchev–Trinajstić information content (AvgIpc) is 2.46. The zero-order chi connectivity index (χ0) is 15.6. The predicted octanol–water partition coefficient (Wildman–Crippen LogP) is 2.22. The fraction of sp³-hybridized carbons (Fsp3) is 0.647. The van der Waals surface area contributed by atoms with Gasteiger partial charge in [-0.3, -0.25) is 14.7 Å². The Morgan fingerprint density at radius 2 is 2.14 bits per heavy atom. The maximum absolute atomic E-state index is 11.9. The van der Waals surface area contributed by atoms with Gasteiger partial charge in [-0.15, -0.1) is 0 Å². The zero-order valence-electron chi connectivity index (χ0n) is 13.9. The van der Waals surface area contributed by atoms with Crippen molar-refractivity contribution in [2.24, 2.45) is 0 Å². The molecule has 116 valence electrons. The highest BCUT2D eigenvalue weighted by molar-refractivity contribution is 5.77. The molecule has 0 saturated carbocycles. The van der Waals surface area contributed by atoms with Crippen LogP contribution in [0.1, 0.15) is 44.0 Å². The van der Waals surface area contributed by atoms with Crippen molar-refractivity contribution in [3.63, 3.8) is 0 Å². The maximum Gasteiger partial charge on any atom is 0.236 e. The molecule has 4 nitrogen and oxygen atoms in total. The number of rotatable bonds is 4. The molecule has 21 heavy (non-hydrogen) atoms. The van der Waals surface area contributed by atoms with Gasteiger partial charge < -0.3 is 4.90 Å². The minimum Gasteiger partial charge on any atom is -0.348 e. The Morgan fingerprint density at radius 1 is 1.43 bits per heavy atom. The fourth-order valence-electron chi connectivity index (χ4n) is 2.53. The highest BCUT2D eigenvalue weighted by atomic mass is 16.2. The summed E-state index contributed by atoms with van der Waals surface area (Å²) in [7, 11) is 3.62. The summed E-state index contributed by atoms with van der Waals surface area (Å²) in [5.74, 6) is 0.163. The average molecular weight is 289 g/mol. The molecular formula is C17H27N3O. The smallest absolute Gasteiger partial charge is 0.236 e. The number of hydrogen-bond donors (Lipinski definition) is 0. The summed E-state index contributed by atoms with van der Waals surface area (Å²) in [6, 6.07) is 2.29. The van der Waals surface area contributed by atoms with Crippen LogP contribution in [0, 0.1) is 0 Å². The molecule has 1 aromatic heterocycles. The summed E-state index contributed by atoms with van der Waals surface area (Å²) in [6.45, 7) is 8.96. The number of likely N-dealkylation sites (N-methyl/N-ethyl adjacent to an activating group) is 1. The predicted molar refractivity (Wildman–Crippen MR) is 85.2 cm³/mol. The second kappa shape index (κ2) is 6.14. The van der Waals surface area contributed by atoms with Crippen LogP contribution in [0.25, 0.3) is 0 Å². The topological polar surface area (TPSA) is 36.4 Å². The molecule has 1 aliphatic rings. The lowest BCUT2D eigenvalue weighted by Gasteiger charge is -2.30. The largest absolute Gasteiger partial charge is 0.348 e. The molecule has 0 bridgehead atoms. The van der Waals surface area contributed by atoms with E-state index in [1.165, 1.54) is 16.8 Å². The first-order valence-corrected chi connectivity index (χ1v) is 7.74. The van der Waals surface area contributed by atoms with Gasteiger partial charge in [-0.05, 0) is 23.0 Å². The monoisotopic (exact) mass is 289 g/mol. The lowest BCUT2D eigenvalue weighted by molar-refractivity contribution is -0.130. The molecular weight excluding hydrogens is 262 g/mol. The van der Waals surface area contributed by atoms with Crippen LogP contribution in [0.3, 0.4) is 0 Å². The SMILES string of the molecule is CCC(C)(C)c1cnc2c(c1)CN(CC(=O)N(C)C)CC2. The molecule has 0 aliphatic carbocycles. The van der Waals surface area contributed by atoms with E-state index in [4.69, 9.17) is 0 Å². The Labute approximate surface area is 128 Å². The molecule has 0 radical (unpaired) electrons. The van der Waals surface area contributed by atoms with E-state index in [0.29, 0.717) is 6.54 Å². The Bertz CT molecular complexity index is 523. The van der Waals surface area contributed by atoms with Crippen LogP contribution < -0.4 is 0 Å². The number of pyridine rings is 1. The minimum atomic E-state index is 0.157. The van der Waals surface area contributed by atoms with Gasteiger partial charge in [-0.1, -0.05) is 26.8 Å². The van der Waals surface area contributed by atoms with Crippen LogP contribution >= 0.6 is 0 Å². The van der Waals surface area contributed by atoms with Gasteiger partial charge in [0.05, 0.1) is 6.54 Å².